The van der Waals surface area contributed by atoms with E-state index in [0.717, 1.165) is 99.2 Å². The number of thiazole rings is 1. The van der Waals surface area contributed by atoms with Crippen molar-refractivity contribution in [3.8, 4) is 10.4 Å². The van der Waals surface area contributed by atoms with Crippen LogP contribution in [0.25, 0.3) is 26.2 Å². The molecule has 2 aliphatic heterocycles. The quantitative estimate of drug-likeness (QED) is 0.0528. The van der Waals surface area contributed by atoms with Gasteiger partial charge < -0.3 is 35.4 Å². The second-order valence-electron chi connectivity index (χ2n) is 21.5. The van der Waals surface area contributed by atoms with Gasteiger partial charge in [-0.05, 0) is 72.1 Å². The summed E-state index contributed by atoms with van der Waals surface area (Å²) in [6.07, 6.45) is 5.99. The van der Waals surface area contributed by atoms with Crippen molar-refractivity contribution in [2.24, 2.45) is 5.41 Å². The highest BCUT2D eigenvalue weighted by Gasteiger charge is 2.45. The number of aliphatic hydroxyl groups is 1. The number of amides is 4. The highest BCUT2D eigenvalue weighted by molar-refractivity contribution is 7.13. The molecule has 0 unspecified atom stereocenters. The van der Waals surface area contributed by atoms with E-state index in [-0.39, 0.29) is 55.3 Å². The maximum Gasteiger partial charge on any atom is 0.246 e. The standard InChI is InChI=1S/C57H70N8O6S/c1-9-37-28-42-43(57(6,7)52-49(50(42)69)41-23-22-39(58-8)29-44(41)61-52)31-45(37)63-24-26-64(27-25-63)48(68)17-15-13-11-10-12-14-16-47(67)62-53(56(3,4)5)55(71)65-33-40(66)30-46(65)54(70)59-32-36-18-20-38(21-19-36)51-35(2)60-34-72-51/h18-23,28-29,31,34,40,46,53,61,66H,9-17,24-27,30,32-33H2,1-7H3,(H,59,70)(H,62,67)/t40-,46+,53-/m1/s1. The summed E-state index contributed by atoms with van der Waals surface area (Å²) in [7, 11) is 0. The third-order valence-electron chi connectivity index (χ3n) is 15.0. The van der Waals surface area contributed by atoms with Crippen LogP contribution in [0.1, 0.15) is 143 Å². The zero-order valence-electron chi connectivity index (χ0n) is 43.0. The lowest BCUT2D eigenvalue weighted by atomic mass is 9.70. The van der Waals surface area contributed by atoms with Crippen molar-refractivity contribution in [2.75, 3.05) is 37.6 Å². The summed E-state index contributed by atoms with van der Waals surface area (Å²) in [5.41, 5.74) is 10.5. The number of aromatic amines is 1. The summed E-state index contributed by atoms with van der Waals surface area (Å²) in [5, 5.41) is 17.4. The molecule has 15 heteroatoms. The third kappa shape index (κ3) is 11.0. The Morgan fingerprint density at radius 2 is 1.65 bits per heavy atom. The van der Waals surface area contributed by atoms with Crippen LogP contribution in [0.2, 0.25) is 0 Å². The van der Waals surface area contributed by atoms with Gasteiger partial charge in [0.2, 0.25) is 23.6 Å². The monoisotopic (exact) mass is 995 g/mol. The average molecular weight is 995 g/mol. The molecule has 4 heterocycles. The van der Waals surface area contributed by atoms with E-state index in [4.69, 9.17) is 6.57 Å². The number of nitrogens with zero attached hydrogens (tertiary/aromatic N) is 5. The minimum Gasteiger partial charge on any atom is -0.391 e. The van der Waals surface area contributed by atoms with Gasteiger partial charge in [0.05, 0.1) is 34.3 Å². The van der Waals surface area contributed by atoms with Crippen LogP contribution in [0.3, 0.4) is 0 Å². The number of carbonyl (C=O) groups is 5. The van der Waals surface area contributed by atoms with E-state index in [1.165, 1.54) is 4.90 Å². The van der Waals surface area contributed by atoms with E-state index in [1.807, 2.05) is 74.5 Å². The Morgan fingerprint density at radius 3 is 2.31 bits per heavy atom. The summed E-state index contributed by atoms with van der Waals surface area (Å²) in [4.78, 5) is 86.6. The molecular formula is C57H70N8O6S. The third-order valence-corrected chi connectivity index (χ3v) is 16.0. The first-order chi connectivity index (χ1) is 34.4. The molecule has 0 radical (unpaired) electrons. The number of hydrogen-bond acceptors (Lipinski definition) is 9. The van der Waals surface area contributed by atoms with Crippen molar-refractivity contribution in [2.45, 2.75) is 143 Å². The first-order valence-corrected chi connectivity index (χ1v) is 26.6. The van der Waals surface area contributed by atoms with Gasteiger partial charge in [0, 0.05) is 91.8 Å². The normalized spacial score (nSPS) is 17.9. The number of aryl methyl sites for hydroxylation is 2. The number of fused-ring (bicyclic) bond motifs is 4. The molecule has 4 amide bonds. The molecule has 380 valence electrons. The van der Waals surface area contributed by atoms with E-state index < -0.39 is 29.0 Å². The Balaban J connectivity index is 0.746. The molecule has 0 saturated carbocycles. The lowest BCUT2D eigenvalue weighted by Gasteiger charge is -2.39. The molecule has 8 rings (SSSR count). The minimum atomic E-state index is -0.872. The Kier molecular flexibility index (Phi) is 15.7. The fourth-order valence-corrected chi connectivity index (χ4v) is 11.6. The number of nitrogens with one attached hydrogen (secondary N) is 3. The molecule has 2 fully saturated rings. The van der Waals surface area contributed by atoms with Gasteiger partial charge in [-0.2, -0.15) is 0 Å². The minimum absolute atomic E-state index is 0.0113. The van der Waals surface area contributed by atoms with Crippen molar-refractivity contribution in [3.63, 3.8) is 0 Å². The lowest BCUT2D eigenvalue weighted by Crippen LogP contribution is -2.57. The average Bonchev–Trinajstić information content (AvgIpc) is 4.10. The summed E-state index contributed by atoms with van der Waals surface area (Å²) >= 11 is 1.58. The first kappa shape index (κ1) is 52.0. The summed E-state index contributed by atoms with van der Waals surface area (Å²) in [6.45, 7) is 24.5. The maximum atomic E-state index is 14.1. The van der Waals surface area contributed by atoms with Crippen LogP contribution in [0.15, 0.2) is 60.1 Å². The van der Waals surface area contributed by atoms with Gasteiger partial charge in [-0.25, -0.2) is 9.83 Å². The van der Waals surface area contributed by atoms with Gasteiger partial charge in [0.1, 0.15) is 12.1 Å². The lowest BCUT2D eigenvalue weighted by molar-refractivity contribution is -0.144. The number of β-amino-alcohol motifs (C(OH)–C–C–N with tert-alkyl or cyclic N) is 1. The molecule has 14 nitrogen and oxygen atoms in total. The van der Waals surface area contributed by atoms with E-state index in [0.29, 0.717) is 50.3 Å². The van der Waals surface area contributed by atoms with Gasteiger partial charge in [0.25, 0.3) is 0 Å². The molecule has 0 spiro atoms. The molecule has 72 heavy (non-hydrogen) atoms. The predicted octanol–water partition coefficient (Wildman–Crippen LogP) is 9.16. The Labute approximate surface area is 427 Å². The molecular weight excluding hydrogens is 925 g/mol. The van der Waals surface area contributed by atoms with E-state index >= 15 is 0 Å². The highest BCUT2D eigenvalue weighted by Crippen LogP contribution is 2.46. The largest absolute Gasteiger partial charge is 0.391 e. The van der Waals surface area contributed by atoms with Crippen LogP contribution in [0, 0.1) is 18.9 Å². The smallest absolute Gasteiger partial charge is 0.246 e. The summed E-state index contributed by atoms with van der Waals surface area (Å²) in [6, 6.07) is 16.0. The Hall–Kier alpha value is -6.37. The first-order valence-electron chi connectivity index (χ1n) is 25.7. The molecule has 4 N–H and O–H groups in total. The van der Waals surface area contributed by atoms with E-state index in [2.05, 4.69) is 63.3 Å². The SMILES string of the molecule is [C-]#[N+]c1ccc2c3c([nH]c2c1)C(C)(C)c1cc(N2CCN(C(=O)CCCCCCCCC(=O)N[C@H](C(=O)N4C[C@H](O)C[C@H]4C(=O)NCc4ccc(-c5scnc5C)cc4)C(C)(C)C)CC2)c(CC)cc1C3=O. The van der Waals surface area contributed by atoms with Crippen molar-refractivity contribution in [1.82, 2.24) is 30.4 Å². The number of likely N-dealkylation sites (tertiary alicyclic amines) is 1. The van der Waals surface area contributed by atoms with Crippen LogP contribution in [-0.2, 0) is 37.6 Å². The maximum absolute atomic E-state index is 14.1. The predicted molar refractivity (Wildman–Crippen MR) is 283 cm³/mol. The van der Waals surface area contributed by atoms with Gasteiger partial charge in [-0.1, -0.05) is 104 Å². The number of carbonyl (C=O) groups excluding carboxylic acids is 5. The van der Waals surface area contributed by atoms with Crippen LogP contribution in [-0.4, -0.2) is 105 Å². The van der Waals surface area contributed by atoms with E-state index in [9.17, 15) is 29.1 Å². The molecule has 1 aliphatic carbocycles. The van der Waals surface area contributed by atoms with Crippen LogP contribution in [0.4, 0.5) is 11.4 Å². The molecule has 3 aliphatic rings. The van der Waals surface area contributed by atoms with Gasteiger partial charge in [0.15, 0.2) is 11.5 Å². The van der Waals surface area contributed by atoms with E-state index in [1.54, 1.807) is 17.4 Å². The molecule has 0 bridgehead atoms. The van der Waals surface area contributed by atoms with Crippen LogP contribution < -0.4 is 15.5 Å². The topological polar surface area (TPSA) is 172 Å². The molecule has 3 aromatic carbocycles. The number of piperazine rings is 1. The highest BCUT2D eigenvalue weighted by atomic mass is 32.1. The van der Waals surface area contributed by atoms with Crippen molar-refractivity contribution < 1.29 is 29.1 Å². The number of unbranched alkanes of at least 4 members (excludes halogenated alkanes) is 5. The van der Waals surface area contributed by atoms with Crippen LogP contribution >= 0.6 is 11.3 Å². The number of anilines is 1. The second kappa shape index (κ2) is 21.8. The summed E-state index contributed by atoms with van der Waals surface area (Å²) < 4.78 is 0. The van der Waals surface area contributed by atoms with Gasteiger partial charge in [-0.15, -0.1) is 11.3 Å². The number of rotatable bonds is 17. The molecule has 2 saturated heterocycles. The Morgan fingerprint density at radius 1 is 0.958 bits per heavy atom. The Bertz CT molecular complexity index is 2880. The molecule has 2 aromatic heterocycles. The number of hydrogen-bond donors (Lipinski definition) is 4. The van der Waals surface area contributed by atoms with Gasteiger partial charge in [-0.3, -0.25) is 24.0 Å². The summed E-state index contributed by atoms with van der Waals surface area (Å²) in [5.74, 6) is -0.746. The molecule has 3 atom stereocenters. The van der Waals surface area contributed by atoms with Gasteiger partial charge >= 0.3 is 0 Å². The number of H-pyrrole nitrogens is 1. The van der Waals surface area contributed by atoms with Crippen molar-refractivity contribution in [3.05, 3.63) is 111 Å². The zero-order chi connectivity index (χ0) is 51.5. The van der Waals surface area contributed by atoms with Crippen molar-refractivity contribution >= 4 is 63.0 Å². The number of aromatic nitrogens is 2. The molecule has 5 aromatic rings. The fraction of sp³-hybridized carbons (Fsp3) is 0.491. The number of aliphatic hydroxyl groups excluding tert-OH is 1. The van der Waals surface area contributed by atoms with Crippen molar-refractivity contribution in [1.29, 1.82) is 0 Å². The number of benzene rings is 3. The number of ketones is 1. The fourth-order valence-electron chi connectivity index (χ4n) is 10.8. The van der Waals surface area contributed by atoms with Crippen LogP contribution in [0.5, 0.6) is 0 Å². The second-order valence-corrected chi connectivity index (χ2v) is 22.3. The zero-order valence-corrected chi connectivity index (χ0v) is 43.8.